The Morgan fingerprint density at radius 3 is 2.50 bits per heavy atom. The number of rotatable bonds is 5. The minimum Gasteiger partial charge on any atom is -0.473 e. The Kier molecular flexibility index (Phi) is 8.47. The molecule has 0 spiro atoms. The number of pyridine rings is 1. The van der Waals surface area contributed by atoms with Crippen molar-refractivity contribution in [2.45, 2.75) is 13.8 Å². The molecule has 0 aliphatic heterocycles. The fourth-order valence-electron chi connectivity index (χ4n) is 0.983. The maximum absolute atomic E-state index is 13.3. The highest BCUT2D eigenvalue weighted by Crippen LogP contribution is 2.14. The van der Waals surface area contributed by atoms with Crippen molar-refractivity contribution in [2.75, 3.05) is 27.4 Å². The van der Waals surface area contributed by atoms with E-state index in [9.17, 15) is 9.18 Å². The van der Waals surface area contributed by atoms with Crippen molar-refractivity contribution in [2.24, 2.45) is 0 Å². The fraction of sp³-hybridized carbons (Fsp3) is 0.500. The van der Waals surface area contributed by atoms with Gasteiger partial charge in [0.15, 0.2) is 5.82 Å². The Labute approximate surface area is 106 Å². The molecule has 0 fully saturated rings. The van der Waals surface area contributed by atoms with E-state index in [0.29, 0.717) is 6.61 Å². The SMILES string of the molecule is CC.COCCOc1ncc(C(=O)OC)cc1F. The van der Waals surface area contributed by atoms with Gasteiger partial charge in [-0.2, -0.15) is 0 Å². The van der Waals surface area contributed by atoms with Crippen LogP contribution in [0.5, 0.6) is 5.88 Å². The smallest absolute Gasteiger partial charge is 0.339 e. The Balaban J connectivity index is 0.00000137. The molecule has 1 rings (SSSR count). The highest BCUT2D eigenvalue weighted by Gasteiger charge is 2.11. The van der Waals surface area contributed by atoms with Gasteiger partial charge in [0, 0.05) is 13.3 Å². The molecule has 0 amide bonds. The van der Waals surface area contributed by atoms with Crippen LogP contribution in [0.1, 0.15) is 24.2 Å². The lowest BCUT2D eigenvalue weighted by Crippen LogP contribution is -2.08. The Bertz CT molecular complexity index is 371. The third-order valence-corrected chi connectivity index (χ3v) is 1.75. The minimum atomic E-state index is -0.709. The number of carbonyl (C=O) groups excluding carboxylic acids is 1. The first-order chi connectivity index (χ1) is 8.69. The third-order valence-electron chi connectivity index (χ3n) is 1.75. The number of esters is 1. The van der Waals surface area contributed by atoms with E-state index in [0.717, 1.165) is 6.07 Å². The molecule has 0 saturated carbocycles. The van der Waals surface area contributed by atoms with Crippen LogP contribution in [0.2, 0.25) is 0 Å². The van der Waals surface area contributed by atoms with Crippen LogP contribution in [0.3, 0.4) is 0 Å². The van der Waals surface area contributed by atoms with E-state index < -0.39 is 11.8 Å². The second-order valence-electron chi connectivity index (χ2n) is 2.84. The van der Waals surface area contributed by atoms with Crippen LogP contribution < -0.4 is 4.74 Å². The Hall–Kier alpha value is -1.69. The number of hydrogen-bond donors (Lipinski definition) is 0. The van der Waals surface area contributed by atoms with E-state index in [-0.39, 0.29) is 18.1 Å². The van der Waals surface area contributed by atoms with Gasteiger partial charge < -0.3 is 14.2 Å². The molecule has 0 radical (unpaired) electrons. The summed E-state index contributed by atoms with van der Waals surface area (Å²) < 4.78 is 27.5. The van der Waals surface area contributed by atoms with Crippen LogP contribution in [0, 0.1) is 5.82 Å². The zero-order valence-electron chi connectivity index (χ0n) is 11.0. The molecular weight excluding hydrogens is 241 g/mol. The minimum absolute atomic E-state index is 0.0408. The summed E-state index contributed by atoms with van der Waals surface area (Å²) >= 11 is 0. The van der Waals surface area contributed by atoms with Gasteiger partial charge in [-0.3, -0.25) is 0 Å². The van der Waals surface area contributed by atoms with Crippen molar-refractivity contribution >= 4 is 5.97 Å². The predicted octanol–water partition coefficient (Wildman–Crippen LogP) is 2.06. The zero-order chi connectivity index (χ0) is 14.0. The van der Waals surface area contributed by atoms with Crippen molar-refractivity contribution in [3.8, 4) is 5.88 Å². The fourth-order valence-corrected chi connectivity index (χ4v) is 0.983. The van der Waals surface area contributed by atoms with Gasteiger partial charge >= 0.3 is 5.97 Å². The molecule has 0 bridgehead atoms. The van der Waals surface area contributed by atoms with Crippen molar-refractivity contribution in [3.05, 3.63) is 23.6 Å². The molecule has 0 aliphatic rings. The summed E-state index contributed by atoms with van der Waals surface area (Å²) in [6.45, 7) is 4.53. The first-order valence-corrected chi connectivity index (χ1v) is 5.54. The Morgan fingerprint density at radius 1 is 1.33 bits per heavy atom. The predicted molar refractivity (Wildman–Crippen MR) is 64.3 cm³/mol. The monoisotopic (exact) mass is 259 g/mol. The van der Waals surface area contributed by atoms with Crippen LogP contribution in [-0.4, -0.2) is 38.4 Å². The van der Waals surface area contributed by atoms with Crippen molar-refractivity contribution in [1.29, 1.82) is 0 Å². The molecule has 5 nitrogen and oxygen atoms in total. The van der Waals surface area contributed by atoms with E-state index >= 15 is 0 Å². The van der Waals surface area contributed by atoms with Gasteiger partial charge in [0.1, 0.15) is 6.61 Å². The number of methoxy groups -OCH3 is 2. The summed E-state index contributed by atoms with van der Waals surface area (Å²) in [7, 11) is 2.72. The number of nitrogens with zero attached hydrogens (tertiary/aromatic N) is 1. The van der Waals surface area contributed by atoms with Gasteiger partial charge in [0.25, 0.3) is 0 Å². The standard InChI is InChI=1S/C10H12FNO4.C2H6/c1-14-3-4-16-9-8(11)5-7(6-12-9)10(13)15-2;1-2/h5-6H,3-4H2,1-2H3;1-2H3. The number of aromatic nitrogens is 1. The van der Waals surface area contributed by atoms with Crippen molar-refractivity contribution in [3.63, 3.8) is 0 Å². The van der Waals surface area contributed by atoms with Crippen LogP contribution in [0.4, 0.5) is 4.39 Å². The lowest BCUT2D eigenvalue weighted by Gasteiger charge is -2.06. The van der Waals surface area contributed by atoms with Gasteiger partial charge in [-0.1, -0.05) is 13.8 Å². The molecule has 1 aromatic rings. The molecule has 6 heteroatoms. The Morgan fingerprint density at radius 2 is 2.00 bits per heavy atom. The molecule has 0 atom stereocenters. The average molecular weight is 259 g/mol. The van der Waals surface area contributed by atoms with E-state index in [1.807, 2.05) is 13.8 Å². The molecule has 0 aliphatic carbocycles. The topological polar surface area (TPSA) is 57.7 Å². The van der Waals surface area contributed by atoms with Crippen LogP contribution in [0.15, 0.2) is 12.3 Å². The summed E-state index contributed by atoms with van der Waals surface area (Å²) in [5.41, 5.74) is 0.0408. The molecule has 1 heterocycles. The average Bonchev–Trinajstić information content (AvgIpc) is 2.42. The van der Waals surface area contributed by atoms with Crippen molar-refractivity contribution < 1.29 is 23.4 Å². The lowest BCUT2D eigenvalue weighted by molar-refractivity contribution is 0.0599. The highest BCUT2D eigenvalue weighted by atomic mass is 19.1. The van der Waals surface area contributed by atoms with E-state index in [2.05, 4.69) is 9.72 Å². The second-order valence-corrected chi connectivity index (χ2v) is 2.84. The maximum Gasteiger partial charge on any atom is 0.339 e. The number of hydrogen-bond acceptors (Lipinski definition) is 5. The molecular formula is C12H18FNO4. The number of halogens is 1. The summed E-state index contributed by atoms with van der Waals surface area (Å²) in [5, 5.41) is 0. The molecule has 0 N–H and O–H groups in total. The largest absolute Gasteiger partial charge is 0.473 e. The number of ether oxygens (including phenoxy) is 3. The van der Waals surface area contributed by atoms with E-state index in [4.69, 9.17) is 9.47 Å². The molecule has 0 saturated heterocycles. The molecule has 0 aromatic carbocycles. The lowest BCUT2D eigenvalue weighted by atomic mass is 10.3. The van der Waals surface area contributed by atoms with Crippen LogP contribution in [0.25, 0.3) is 0 Å². The highest BCUT2D eigenvalue weighted by molar-refractivity contribution is 5.88. The second kappa shape index (κ2) is 9.35. The van der Waals surface area contributed by atoms with E-state index in [1.54, 1.807) is 0 Å². The maximum atomic E-state index is 13.3. The normalized spacial score (nSPS) is 9.17. The van der Waals surface area contributed by atoms with Crippen LogP contribution in [-0.2, 0) is 9.47 Å². The number of carbonyl (C=O) groups is 1. The van der Waals surface area contributed by atoms with Gasteiger partial charge in [0.2, 0.25) is 5.88 Å². The summed E-state index contributed by atoms with van der Waals surface area (Å²) in [6.07, 6.45) is 1.19. The molecule has 102 valence electrons. The molecule has 1 aromatic heterocycles. The third kappa shape index (κ3) is 5.09. The van der Waals surface area contributed by atoms with Crippen LogP contribution >= 0.6 is 0 Å². The first kappa shape index (κ1) is 16.3. The molecule has 0 unspecified atom stereocenters. The zero-order valence-corrected chi connectivity index (χ0v) is 11.0. The van der Waals surface area contributed by atoms with Crippen molar-refractivity contribution in [1.82, 2.24) is 4.98 Å². The molecule has 18 heavy (non-hydrogen) atoms. The summed E-state index contributed by atoms with van der Waals surface area (Å²) in [4.78, 5) is 14.7. The van der Waals surface area contributed by atoms with E-state index in [1.165, 1.54) is 20.4 Å². The van der Waals surface area contributed by atoms with Gasteiger partial charge in [-0.15, -0.1) is 0 Å². The van der Waals surface area contributed by atoms with Gasteiger partial charge in [-0.25, -0.2) is 14.2 Å². The first-order valence-electron chi connectivity index (χ1n) is 5.54. The van der Waals surface area contributed by atoms with Gasteiger partial charge in [-0.05, 0) is 6.07 Å². The summed E-state index contributed by atoms with van der Waals surface area (Å²) in [5.74, 6) is -1.52. The quantitative estimate of drug-likeness (QED) is 0.598. The van der Waals surface area contributed by atoms with Gasteiger partial charge in [0.05, 0.1) is 19.3 Å². The summed E-state index contributed by atoms with van der Waals surface area (Å²) in [6, 6.07) is 1.01.